The van der Waals surface area contributed by atoms with E-state index in [1.807, 2.05) is 22.1 Å². The van der Waals surface area contributed by atoms with Crippen LogP contribution in [-0.4, -0.2) is 39.5 Å². The minimum atomic E-state index is -0.420. The number of thiophene rings is 1. The van der Waals surface area contributed by atoms with Gasteiger partial charge in [0.2, 0.25) is 5.91 Å². The summed E-state index contributed by atoms with van der Waals surface area (Å²) in [6.07, 6.45) is 1.77. The lowest BCUT2D eigenvalue weighted by molar-refractivity contribution is -0.113. The maximum atomic E-state index is 12.3. The van der Waals surface area contributed by atoms with Crippen molar-refractivity contribution in [3.63, 3.8) is 0 Å². The first-order valence-electron chi connectivity index (χ1n) is 8.31. The zero-order valence-corrected chi connectivity index (χ0v) is 16.8. The third kappa shape index (κ3) is 4.68. The SMILES string of the molecule is C=CCn1c(SCC(=O)Nc2ccc(C(=O)OC)cc2)nnc1-c1cccs1. The summed E-state index contributed by atoms with van der Waals surface area (Å²) >= 11 is 2.89. The first kappa shape index (κ1) is 19.8. The minimum Gasteiger partial charge on any atom is -0.465 e. The van der Waals surface area contributed by atoms with Gasteiger partial charge in [0.15, 0.2) is 11.0 Å². The van der Waals surface area contributed by atoms with Crippen molar-refractivity contribution in [1.29, 1.82) is 0 Å². The molecule has 0 radical (unpaired) electrons. The molecule has 28 heavy (non-hydrogen) atoms. The van der Waals surface area contributed by atoms with Gasteiger partial charge in [-0.2, -0.15) is 0 Å². The molecule has 0 spiro atoms. The van der Waals surface area contributed by atoms with Crippen molar-refractivity contribution < 1.29 is 14.3 Å². The average Bonchev–Trinajstić information content (AvgIpc) is 3.36. The summed E-state index contributed by atoms with van der Waals surface area (Å²) < 4.78 is 6.59. The number of methoxy groups -OCH3 is 1. The molecule has 3 rings (SSSR count). The van der Waals surface area contributed by atoms with Crippen molar-refractivity contribution >= 4 is 40.7 Å². The van der Waals surface area contributed by atoms with E-state index in [9.17, 15) is 9.59 Å². The van der Waals surface area contributed by atoms with E-state index < -0.39 is 5.97 Å². The third-order valence-electron chi connectivity index (χ3n) is 3.69. The monoisotopic (exact) mass is 414 g/mol. The predicted molar refractivity (Wildman–Crippen MR) is 111 cm³/mol. The molecule has 0 aliphatic rings. The smallest absolute Gasteiger partial charge is 0.337 e. The standard InChI is InChI=1S/C19H18N4O3S2/c1-3-10-23-17(15-5-4-11-27-15)21-22-19(23)28-12-16(24)20-14-8-6-13(7-9-14)18(25)26-2/h3-9,11H,1,10,12H2,2H3,(H,20,24). The van der Waals surface area contributed by atoms with Gasteiger partial charge in [-0.1, -0.05) is 23.9 Å². The molecule has 2 aromatic heterocycles. The van der Waals surface area contributed by atoms with Crippen LogP contribution in [0.15, 0.2) is 59.6 Å². The zero-order chi connectivity index (χ0) is 19.9. The number of esters is 1. The maximum Gasteiger partial charge on any atom is 0.337 e. The molecule has 9 heteroatoms. The molecule has 3 aromatic rings. The molecule has 0 saturated carbocycles. The number of carbonyl (C=O) groups is 2. The molecular formula is C19H18N4O3S2. The fourth-order valence-corrected chi connectivity index (χ4v) is 3.88. The molecule has 0 fully saturated rings. The lowest BCUT2D eigenvalue weighted by Crippen LogP contribution is -2.15. The fourth-order valence-electron chi connectivity index (χ4n) is 2.41. The molecule has 0 atom stereocenters. The van der Waals surface area contributed by atoms with E-state index in [1.54, 1.807) is 41.7 Å². The topological polar surface area (TPSA) is 86.1 Å². The van der Waals surface area contributed by atoms with Crippen LogP contribution in [-0.2, 0) is 16.1 Å². The van der Waals surface area contributed by atoms with E-state index in [0.29, 0.717) is 23.0 Å². The van der Waals surface area contributed by atoms with Crippen LogP contribution in [0.4, 0.5) is 5.69 Å². The molecule has 144 valence electrons. The molecule has 1 amide bonds. The molecule has 0 aliphatic carbocycles. The first-order chi connectivity index (χ1) is 13.6. The molecule has 1 N–H and O–H groups in total. The number of benzene rings is 1. The summed E-state index contributed by atoms with van der Waals surface area (Å²) in [7, 11) is 1.32. The molecule has 0 bridgehead atoms. The Labute approximate surface area is 170 Å². The van der Waals surface area contributed by atoms with Gasteiger partial charge in [-0.15, -0.1) is 28.1 Å². The average molecular weight is 415 g/mol. The number of anilines is 1. The van der Waals surface area contributed by atoms with E-state index in [-0.39, 0.29) is 11.7 Å². The van der Waals surface area contributed by atoms with E-state index in [0.717, 1.165) is 10.7 Å². The number of thioether (sulfide) groups is 1. The van der Waals surface area contributed by atoms with Gasteiger partial charge in [0.05, 0.1) is 23.3 Å². The second-order valence-electron chi connectivity index (χ2n) is 5.59. The number of hydrogen-bond acceptors (Lipinski definition) is 7. The summed E-state index contributed by atoms with van der Waals surface area (Å²) in [5.74, 6) is 0.341. The number of aromatic nitrogens is 3. The molecule has 2 heterocycles. The van der Waals surface area contributed by atoms with Crippen molar-refractivity contribution in [2.24, 2.45) is 0 Å². The number of carbonyl (C=O) groups excluding carboxylic acids is 2. The van der Waals surface area contributed by atoms with E-state index in [4.69, 9.17) is 0 Å². The second kappa shape index (κ2) is 9.34. The van der Waals surface area contributed by atoms with Crippen LogP contribution in [0.3, 0.4) is 0 Å². The molecule has 0 unspecified atom stereocenters. The van der Waals surface area contributed by atoms with Crippen molar-refractivity contribution in [2.45, 2.75) is 11.7 Å². The number of nitrogens with zero attached hydrogens (tertiary/aromatic N) is 3. The Kier molecular flexibility index (Phi) is 6.62. The van der Waals surface area contributed by atoms with Gasteiger partial charge in [0.1, 0.15) is 0 Å². The highest BCUT2D eigenvalue weighted by Crippen LogP contribution is 2.27. The molecule has 7 nitrogen and oxygen atoms in total. The van der Waals surface area contributed by atoms with Gasteiger partial charge >= 0.3 is 5.97 Å². The predicted octanol–water partition coefficient (Wildman–Crippen LogP) is 3.71. The Balaban J connectivity index is 1.63. The molecule has 0 aliphatic heterocycles. The number of ether oxygens (including phenoxy) is 1. The molecular weight excluding hydrogens is 396 g/mol. The fraction of sp³-hybridized carbons (Fsp3) is 0.158. The van der Waals surface area contributed by atoms with E-state index in [1.165, 1.54) is 18.9 Å². The number of amides is 1. The quantitative estimate of drug-likeness (QED) is 0.344. The Hall–Kier alpha value is -2.91. The van der Waals surface area contributed by atoms with Crippen LogP contribution in [0.1, 0.15) is 10.4 Å². The summed E-state index contributed by atoms with van der Waals surface area (Å²) in [6, 6.07) is 10.4. The molecule has 0 saturated heterocycles. The Morgan fingerprint density at radius 1 is 1.29 bits per heavy atom. The summed E-state index contributed by atoms with van der Waals surface area (Å²) in [6.45, 7) is 4.34. The van der Waals surface area contributed by atoms with Crippen molar-refractivity contribution in [2.75, 3.05) is 18.2 Å². The minimum absolute atomic E-state index is 0.179. The van der Waals surface area contributed by atoms with Crippen molar-refractivity contribution in [1.82, 2.24) is 14.8 Å². The maximum absolute atomic E-state index is 12.3. The highest BCUT2D eigenvalue weighted by molar-refractivity contribution is 7.99. The second-order valence-corrected chi connectivity index (χ2v) is 7.48. The number of hydrogen-bond donors (Lipinski definition) is 1. The van der Waals surface area contributed by atoms with Gasteiger partial charge in [0.25, 0.3) is 0 Å². The van der Waals surface area contributed by atoms with E-state index >= 15 is 0 Å². The molecule has 1 aromatic carbocycles. The van der Waals surface area contributed by atoms with Crippen molar-refractivity contribution in [3.8, 4) is 10.7 Å². The van der Waals surface area contributed by atoms with Gasteiger partial charge in [0, 0.05) is 12.2 Å². The van der Waals surface area contributed by atoms with Gasteiger partial charge < -0.3 is 10.1 Å². The van der Waals surface area contributed by atoms with Crippen LogP contribution < -0.4 is 5.32 Å². The zero-order valence-electron chi connectivity index (χ0n) is 15.1. The highest BCUT2D eigenvalue weighted by Gasteiger charge is 2.15. The number of rotatable bonds is 8. The normalized spacial score (nSPS) is 10.5. The lowest BCUT2D eigenvalue weighted by atomic mass is 10.2. The van der Waals surface area contributed by atoms with Crippen LogP contribution in [0, 0.1) is 0 Å². The lowest BCUT2D eigenvalue weighted by Gasteiger charge is -2.08. The van der Waals surface area contributed by atoms with Gasteiger partial charge in [-0.25, -0.2) is 4.79 Å². The van der Waals surface area contributed by atoms with Crippen LogP contribution in [0.2, 0.25) is 0 Å². The summed E-state index contributed by atoms with van der Waals surface area (Å²) in [5.41, 5.74) is 1.03. The summed E-state index contributed by atoms with van der Waals surface area (Å²) in [4.78, 5) is 24.7. The number of allylic oxidation sites excluding steroid dienone is 1. The largest absolute Gasteiger partial charge is 0.465 e. The summed E-state index contributed by atoms with van der Waals surface area (Å²) in [5, 5.41) is 13.9. The number of nitrogens with one attached hydrogen (secondary N) is 1. The van der Waals surface area contributed by atoms with Gasteiger partial charge in [-0.3, -0.25) is 9.36 Å². The Bertz CT molecular complexity index is 966. The Morgan fingerprint density at radius 3 is 2.71 bits per heavy atom. The first-order valence-corrected chi connectivity index (χ1v) is 10.2. The van der Waals surface area contributed by atoms with Crippen LogP contribution in [0.25, 0.3) is 10.7 Å². The third-order valence-corrected chi connectivity index (χ3v) is 5.52. The van der Waals surface area contributed by atoms with Crippen molar-refractivity contribution in [3.05, 3.63) is 60.0 Å². The van der Waals surface area contributed by atoms with E-state index in [2.05, 4.69) is 26.8 Å². The highest BCUT2D eigenvalue weighted by atomic mass is 32.2. The van der Waals surface area contributed by atoms with Crippen LogP contribution in [0.5, 0.6) is 0 Å². The van der Waals surface area contributed by atoms with Gasteiger partial charge in [-0.05, 0) is 35.7 Å². The Morgan fingerprint density at radius 2 is 2.07 bits per heavy atom. The van der Waals surface area contributed by atoms with Crippen LogP contribution >= 0.6 is 23.1 Å².